The highest BCUT2D eigenvalue weighted by atomic mass is 32.1. The molecule has 0 atom stereocenters. The van der Waals surface area contributed by atoms with E-state index in [-0.39, 0.29) is 0 Å². The monoisotopic (exact) mass is 353 g/mol. The number of rotatable bonds is 5. The fraction of sp³-hybridized carbons (Fsp3) is 0.167. The number of hydrogen-bond acceptors (Lipinski definition) is 5. The van der Waals surface area contributed by atoms with Crippen LogP contribution in [0.25, 0.3) is 11.4 Å². The van der Waals surface area contributed by atoms with Gasteiger partial charge in [0.25, 0.3) is 0 Å². The van der Waals surface area contributed by atoms with Gasteiger partial charge in [0.05, 0.1) is 13.3 Å². The van der Waals surface area contributed by atoms with Crippen LogP contribution in [0.1, 0.15) is 5.56 Å². The molecule has 3 aromatic rings. The van der Waals surface area contributed by atoms with Gasteiger partial charge in [-0.1, -0.05) is 12.1 Å². The SMILES string of the molecule is COc1ccc(-c2n[nH]c(=S)n2/N=C\c2ccc(N(C)C)cc2)cc1. The fourth-order valence-corrected chi connectivity index (χ4v) is 2.49. The zero-order chi connectivity index (χ0) is 17.8. The van der Waals surface area contributed by atoms with E-state index in [9.17, 15) is 0 Å². The van der Waals surface area contributed by atoms with E-state index in [0.29, 0.717) is 10.6 Å². The quantitative estimate of drug-likeness (QED) is 0.563. The van der Waals surface area contributed by atoms with E-state index in [4.69, 9.17) is 17.0 Å². The van der Waals surface area contributed by atoms with Crippen molar-refractivity contribution in [2.45, 2.75) is 0 Å². The van der Waals surface area contributed by atoms with Gasteiger partial charge in [0.15, 0.2) is 5.82 Å². The van der Waals surface area contributed by atoms with Crippen LogP contribution in [0.15, 0.2) is 53.6 Å². The Bertz CT molecular complexity index is 923. The standard InChI is InChI=1S/C18H19N5OS/c1-22(2)15-8-4-13(5-9-15)12-19-23-17(20-21-18(23)25)14-6-10-16(24-3)11-7-14/h4-12H,1-3H3,(H,21,25)/b19-12-. The number of methoxy groups -OCH3 is 1. The summed E-state index contributed by atoms with van der Waals surface area (Å²) in [5.74, 6) is 1.43. The van der Waals surface area contributed by atoms with Crippen molar-refractivity contribution in [2.75, 3.05) is 26.1 Å². The maximum atomic E-state index is 5.29. The van der Waals surface area contributed by atoms with Crippen molar-refractivity contribution in [1.29, 1.82) is 0 Å². The van der Waals surface area contributed by atoms with Crippen LogP contribution in [0.4, 0.5) is 5.69 Å². The predicted molar refractivity (Wildman–Crippen MR) is 103 cm³/mol. The molecule has 1 aromatic heterocycles. The van der Waals surface area contributed by atoms with Crippen LogP contribution >= 0.6 is 12.2 Å². The number of aromatic nitrogens is 3. The lowest BCUT2D eigenvalue weighted by Gasteiger charge is -2.11. The minimum absolute atomic E-state index is 0.437. The summed E-state index contributed by atoms with van der Waals surface area (Å²) in [4.78, 5) is 2.05. The lowest BCUT2D eigenvalue weighted by Crippen LogP contribution is -2.08. The molecule has 0 aliphatic heterocycles. The molecule has 0 aliphatic carbocycles. The Morgan fingerprint density at radius 3 is 2.40 bits per heavy atom. The van der Waals surface area contributed by atoms with Crippen LogP contribution in [0.3, 0.4) is 0 Å². The predicted octanol–water partition coefficient (Wildman–Crippen LogP) is 3.56. The second-order valence-electron chi connectivity index (χ2n) is 5.62. The van der Waals surface area contributed by atoms with Gasteiger partial charge < -0.3 is 9.64 Å². The van der Waals surface area contributed by atoms with Gasteiger partial charge in [-0.15, -0.1) is 0 Å². The van der Waals surface area contributed by atoms with Gasteiger partial charge in [-0.3, -0.25) is 0 Å². The molecular formula is C18H19N5OS. The molecule has 7 heteroatoms. The third kappa shape index (κ3) is 3.77. The van der Waals surface area contributed by atoms with E-state index in [0.717, 1.165) is 22.6 Å². The van der Waals surface area contributed by atoms with Crippen LogP contribution in [-0.2, 0) is 0 Å². The second kappa shape index (κ2) is 7.31. The number of aromatic amines is 1. The van der Waals surface area contributed by atoms with Gasteiger partial charge in [-0.05, 0) is 54.2 Å². The molecule has 128 valence electrons. The summed E-state index contributed by atoms with van der Waals surface area (Å²) in [6.07, 6.45) is 1.76. The molecular weight excluding hydrogens is 334 g/mol. The lowest BCUT2D eigenvalue weighted by atomic mass is 10.2. The van der Waals surface area contributed by atoms with Crippen molar-refractivity contribution in [3.8, 4) is 17.1 Å². The summed E-state index contributed by atoms with van der Waals surface area (Å²) in [7, 11) is 5.65. The van der Waals surface area contributed by atoms with E-state index in [1.54, 1.807) is 18.0 Å². The number of anilines is 1. The topological polar surface area (TPSA) is 58.4 Å². The first-order chi connectivity index (χ1) is 12.1. The van der Waals surface area contributed by atoms with Crippen LogP contribution < -0.4 is 9.64 Å². The molecule has 0 aliphatic rings. The molecule has 1 heterocycles. The lowest BCUT2D eigenvalue weighted by molar-refractivity contribution is 0.415. The first-order valence-corrected chi connectivity index (χ1v) is 8.13. The second-order valence-corrected chi connectivity index (χ2v) is 6.01. The average molecular weight is 353 g/mol. The minimum atomic E-state index is 0.437. The molecule has 3 rings (SSSR count). The van der Waals surface area contributed by atoms with Crippen molar-refractivity contribution in [3.63, 3.8) is 0 Å². The zero-order valence-electron chi connectivity index (χ0n) is 14.3. The maximum absolute atomic E-state index is 5.29. The minimum Gasteiger partial charge on any atom is -0.497 e. The van der Waals surface area contributed by atoms with E-state index < -0.39 is 0 Å². The number of H-pyrrole nitrogens is 1. The van der Waals surface area contributed by atoms with Crippen molar-refractivity contribution >= 4 is 24.1 Å². The first-order valence-electron chi connectivity index (χ1n) is 7.72. The molecule has 1 N–H and O–H groups in total. The Morgan fingerprint density at radius 2 is 1.80 bits per heavy atom. The number of ether oxygens (including phenoxy) is 1. The summed E-state index contributed by atoms with van der Waals surface area (Å²) >= 11 is 5.29. The Kier molecular flexibility index (Phi) is 4.95. The molecule has 0 saturated carbocycles. The summed E-state index contributed by atoms with van der Waals surface area (Å²) < 4.78 is 7.23. The molecule has 0 bridgehead atoms. The van der Waals surface area contributed by atoms with E-state index in [2.05, 4.69) is 20.2 Å². The molecule has 25 heavy (non-hydrogen) atoms. The highest BCUT2D eigenvalue weighted by Gasteiger charge is 2.08. The summed E-state index contributed by atoms with van der Waals surface area (Å²) in [5, 5.41) is 11.5. The Balaban J connectivity index is 1.89. The van der Waals surface area contributed by atoms with Crippen molar-refractivity contribution in [1.82, 2.24) is 14.9 Å². The van der Waals surface area contributed by atoms with Crippen LogP contribution in [0.2, 0.25) is 0 Å². The Labute approximate surface area is 151 Å². The molecule has 0 radical (unpaired) electrons. The normalized spacial score (nSPS) is 11.0. The van der Waals surface area contributed by atoms with Gasteiger partial charge in [-0.25, -0.2) is 5.10 Å². The number of hydrogen-bond donors (Lipinski definition) is 1. The van der Waals surface area contributed by atoms with Gasteiger partial charge in [-0.2, -0.15) is 14.9 Å². The van der Waals surface area contributed by atoms with Crippen molar-refractivity contribution < 1.29 is 4.74 Å². The number of nitrogens with zero attached hydrogens (tertiary/aromatic N) is 4. The summed E-state index contributed by atoms with van der Waals surface area (Å²) in [6, 6.07) is 15.7. The van der Waals surface area contributed by atoms with Crippen LogP contribution in [-0.4, -0.2) is 42.3 Å². The molecule has 0 spiro atoms. The highest BCUT2D eigenvalue weighted by Crippen LogP contribution is 2.21. The van der Waals surface area contributed by atoms with Crippen LogP contribution in [0, 0.1) is 4.77 Å². The maximum Gasteiger partial charge on any atom is 0.216 e. The molecule has 2 aromatic carbocycles. The highest BCUT2D eigenvalue weighted by molar-refractivity contribution is 7.71. The Hall–Kier alpha value is -2.93. The Morgan fingerprint density at radius 1 is 1.12 bits per heavy atom. The fourth-order valence-electron chi connectivity index (χ4n) is 2.31. The molecule has 0 fully saturated rings. The van der Waals surface area contributed by atoms with Crippen LogP contribution in [0.5, 0.6) is 5.75 Å². The van der Waals surface area contributed by atoms with Gasteiger partial charge in [0, 0.05) is 25.3 Å². The van der Waals surface area contributed by atoms with Gasteiger partial charge >= 0.3 is 0 Å². The third-order valence-corrected chi connectivity index (χ3v) is 3.99. The number of nitrogens with one attached hydrogen (secondary N) is 1. The zero-order valence-corrected chi connectivity index (χ0v) is 15.1. The van der Waals surface area contributed by atoms with Gasteiger partial charge in [0.1, 0.15) is 5.75 Å². The number of benzene rings is 2. The third-order valence-electron chi connectivity index (χ3n) is 3.73. The molecule has 0 unspecified atom stereocenters. The van der Waals surface area contributed by atoms with E-state index >= 15 is 0 Å². The average Bonchev–Trinajstić information content (AvgIpc) is 3.01. The summed E-state index contributed by atoms with van der Waals surface area (Å²) in [6.45, 7) is 0. The smallest absolute Gasteiger partial charge is 0.216 e. The molecule has 6 nitrogen and oxygen atoms in total. The van der Waals surface area contributed by atoms with Crippen molar-refractivity contribution in [2.24, 2.45) is 5.10 Å². The van der Waals surface area contributed by atoms with E-state index in [1.165, 1.54) is 0 Å². The van der Waals surface area contributed by atoms with Crippen molar-refractivity contribution in [3.05, 3.63) is 58.9 Å². The molecule has 0 amide bonds. The summed E-state index contributed by atoms with van der Waals surface area (Å²) in [5.41, 5.74) is 3.01. The van der Waals surface area contributed by atoms with Gasteiger partial charge in [0.2, 0.25) is 4.77 Å². The first kappa shape index (κ1) is 16.9. The largest absolute Gasteiger partial charge is 0.497 e. The van der Waals surface area contributed by atoms with E-state index in [1.807, 2.05) is 62.6 Å². The molecule has 0 saturated heterocycles.